The van der Waals surface area contributed by atoms with E-state index in [9.17, 15) is 4.79 Å². The lowest BCUT2D eigenvalue weighted by Crippen LogP contribution is -2.09. The third-order valence-corrected chi connectivity index (χ3v) is 3.83. The highest BCUT2D eigenvalue weighted by molar-refractivity contribution is 6.07. The van der Waals surface area contributed by atoms with Gasteiger partial charge in [0.25, 0.3) is 0 Å². The Bertz CT molecular complexity index is 619. The quantitative estimate of drug-likeness (QED) is 0.800. The fourth-order valence-corrected chi connectivity index (χ4v) is 2.37. The second kappa shape index (κ2) is 5.41. The molecule has 1 aliphatic carbocycles. The average Bonchev–Trinajstić information content (AvgIpc) is 2.45. The van der Waals surface area contributed by atoms with Crippen LogP contribution in [0.2, 0.25) is 0 Å². The van der Waals surface area contributed by atoms with Gasteiger partial charge in [0.2, 0.25) is 11.7 Å². The zero-order valence-corrected chi connectivity index (χ0v) is 11.4. The minimum absolute atomic E-state index is 0.106. The van der Waals surface area contributed by atoms with Crippen molar-refractivity contribution in [2.24, 2.45) is 0 Å². The topological polar surface area (TPSA) is 52.1 Å². The molecule has 3 rings (SSSR count). The zero-order chi connectivity index (χ0) is 13.9. The molecule has 0 N–H and O–H groups in total. The van der Waals surface area contributed by atoms with E-state index in [2.05, 4.69) is 22.1 Å². The number of carbonyl (C=O) groups excluding carboxylic acids is 1. The fourth-order valence-electron chi connectivity index (χ4n) is 2.37. The van der Waals surface area contributed by atoms with Crippen LogP contribution in [0, 0.1) is 0 Å². The minimum Gasteiger partial charge on any atom is -0.481 e. The molecule has 1 fully saturated rings. The Hall–Kier alpha value is -2.23. The first-order valence-electron chi connectivity index (χ1n) is 6.78. The van der Waals surface area contributed by atoms with Gasteiger partial charge in [0, 0.05) is 11.6 Å². The van der Waals surface area contributed by atoms with Gasteiger partial charge in [0.15, 0.2) is 0 Å². The smallest absolute Gasteiger partial charge is 0.216 e. The highest BCUT2D eigenvalue weighted by Gasteiger charge is 2.20. The number of rotatable bonds is 4. The number of hydrogen-bond donors (Lipinski definition) is 0. The standard InChI is InChI=1S/C16H16N2O2/c1-20-15-9-14(17-10-18-15)16(19)13-7-5-12(6-8-13)11-3-2-4-11/h5-11H,2-4H2,1H3. The monoisotopic (exact) mass is 268 g/mol. The Labute approximate surface area is 117 Å². The van der Waals surface area contributed by atoms with Crippen LogP contribution < -0.4 is 4.74 Å². The predicted molar refractivity (Wildman–Crippen MR) is 75.1 cm³/mol. The van der Waals surface area contributed by atoms with Gasteiger partial charge < -0.3 is 4.74 Å². The van der Waals surface area contributed by atoms with E-state index in [0.717, 1.165) is 0 Å². The van der Waals surface area contributed by atoms with Crippen LogP contribution in [-0.2, 0) is 0 Å². The number of nitrogens with zero attached hydrogens (tertiary/aromatic N) is 2. The van der Waals surface area contributed by atoms with Crippen LogP contribution in [0.1, 0.15) is 46.8 Å². The summed E-state index contributed by atoms with van der Waals surface area (Å²) in [6, 6.07) is 9.42. The van der Waals surface area contributed by atoms with Crippen LogP contribution in [0.5, 0.6) is 5.88 Å². The summed E-state index contributed by atoms with van der Waals surface area (Å²) in [5, 5.41) is 0. The molecule has 1 aliphatic rings. The highest BCUT2D eigenvalue weighted by Crippen LogP contribution is 2.36. The van der Waals surface area contributed by atoms with E-state index >= 15 is 0 Å². The van der Waals surface area contributed by atoms with Crippen molar-refractivity contribution in [2.75, 3.05) is 7.11 Å². The average molecular weight is 268 g/mol. The van der Waals surface area contributed by atoms with Gasteiger partial charge in [-0.3, -0.25) is 4.79 Å². The van der Waals surface area contributed by atoms with Gasteiger partial charge in [-0.25, -0.2) is 9.97 Å². The number of ketones is 1. The zero-order valence-electron chi connectivity index (χ0n) is 11.4. The van der Waals surface area contributed by atoms with Crippen LogP contribution in [0.15, 0.2) is 36.7 Å². The van der Waals surface area contributed by atoms with Crippen molar-refractivity contribution >= 4 is 5.78 Å². The molecule has 1 aromatic carbocycles. The Kier molecular flexibility index (Phi) is 3.46. The van der Waals surface area contributed by atoms with Gasteiger partial charge in [-0.1, -0.05) is 30.7 Å². The van der Waals surface area contributed by atoms with Gasteiger partial charge in [0.05, 0.1) is 7.11 Å². The Morgan fingerprint density at radius 2 is 1.95 bits per heavy atom. The summed E-state index contributed by atoms with van der Waals surface area (Å²) in [4.78, 5) is 20.2. The third-order valence-electron chi connectivity index (χ3n) is 3.83. The van der Waals surface area contributed by atoms with Crippen molar-refractivity contribution in [3.8, 4) is 5.88 Å². The molecule has 0 bridgehead atoms. The molecule has 102 valence electrons. The first kappa shape index (κ1) is 12.8. The van der Waals surface area contributed by atoms with E-state index in [-0.39, 0.29) is 5.78 Å². The van der Waals surface area contributed by atoms with E-state index in [1.165, 1.54) is 38.3 Å². The molecule has 4 heteroatoms. The second-order valence-corrected chi connectivity index (χ2v) is 5.02. The van der Waals surface area contributed by atoms with Gasteiger partial charge in [-0.15, -0.1) is 0 Å². The first-order valence-corrected chi connectivity index (χ1v) is 6.78. The van der Waals surface area contributed by atoms with Gasteiger partial charge in [-0.05, 0) is 24.3 Å². The number of aromatic nitrogens is 2. The molecule has 4 nitrogen and oxygen atoms in total. The molecule has 1 heterocycles. The summed E-state index contributed by atoms with van der Waals surface area (Å²) in [5.74, 6) is 0.971. The lowest BCUT2D eigenvalue weighted by Gasteiger charge is -2.25. The Morgan fingerprint density at radius 1 is 1.20 bits per heavy atom. The first-order chi connectivity index (χ1) is 9.78. The molecule has 0 unspecified atom stereocenters. The van der Waals surface area contributed by atoms with Crippen LogP contribution in [-0.4, -0.2) is 22.9 Å². The summed E-state index contributed by atoms with van der Waals surface area (Å²) in [6.07, 6.45) is 5.17. The van der Waals surface area contributed by atoms with Crippen molar-refractivity contribution in [1.29, 1.82) is 0 Å². The molecule has 0 radical (unpaired) electrons. The van der Waals surface area contributed by atoms with Crippen molar-refractivity contribution in [3.63, 3.8) is 0 Å². The fraction of sp³-hybridized carbons (Fsp3) is 0.312. The molecule has 2 aromatic rings. The summed E-state index contributed by atoms with van der Waals surface area (Å²) in [7, 11) is 1.52. The molecular weight excluding hydrogens is 252 g/mol. The highest BCUT2D eigenvalue weighted by atomic mass is 16.5. The Balaban J connectivity index is 1.82. The summed E-state index contributed by atoms with van der Waals surface area (Å²) < 4.78 is 5.01. The van der Waals surface area contributed by atoms with Gasteiger partial charge in [0.1, 0.15) is 12.0 Å². The summed E-state index contributed by atoms with van der Waals surface area (Å²) in [6.45, 7) is 0. The lowest BCUT2D eigenvalue weighted by molar-refractivity contribution is 0.103. The Morgan fingerprint density at radius 3 is 2.55 bits per heavy atom. The van der Waals surface area contributed by atoms with Crippen molar-refractivity contribution in [1.82, 2.24) is 9.97 Å². The van der Waals surface area contributed by atoms with Crippen LogP contribution in [0.4, 0.5) is 0 Å². The van der Waals surface area contributed by atoms with Crippen molar-refractivity contribution < 1.29 is 9.53 Å². The normalized spacial score (nSPS) is 14.7. The predicted octanol–water partition coefficient (Wildman–Crippen LogP) is 2.98. The SMILES string of the molecule is COc1cc(C(=O)c2ccc(C3CCC3)cc2)ncn1. The largest absolute Gasteiger partial charge is 0.481 e. The van der Waals surface area contributed by atoms with Crippen molar-refractivity contribution in [2.45, 2.75) is 25.2 Å². The molecule has 0 spiro atoms. The third kappa shape index (κ3) is 2.41. The summed E-state index contributed by atoms with van der Waals surface area (Å²) in [5.41, 5.74) is 2.33. The lowest BCUT2D eigenvalue weighted by atomic mass is 9.80. The van der Waals surface area contributed by atoms with E-state index in [4.69, 9.17) is 4.74 Å². The van der Waals surface area contributed by atoms with Crippen LogP contribution in [0.25, 0.3) is 0 Å². The van der Waals surface area contributed by atoms with E-state index in [1.807, 2.05) is 12.1 Å². The summed E-state index contributed by atoms with van der Waals surface area (Å²) >= 11 is 0. The number of benzene rings is 1. The number of methoxy groups -OCH3 is 1. The molecular formula is C16H16N2O2. The molecule has 1 saturated carbocycles. The van der Waals surface area contributed by atoms with Gasteiger partial charge in [-0.2, -0.15) is 0 Å². The van der Waals surface area contributed by atoms with Crippen molar-refractivity contribution in [3.05, 3.63) is 53.5 Å². The van der Waals surface area contributed by atoms with Crippen LogP contribution in [0.3, 0.4) is 0 Å². The maximum atomic E-state index is 12.3. The maximum absolute atomic E-state index is 12.3. The molecule has 0 amide bonds. The number of ether oxygens (including phenoxy) is 1. The van der Waals surface area contributed by atoms with Gasteiger partial charge >= 0.3 is 0 Å². The molecule has 20 heavy (non-hydrogen) atoms. The van der Waals surface area contributed by atoms with Crippen LogP contribution >= 0.6 is 0 Å². The minimum atomic E-state index is -0.106. The molecule has 1 aromatic heterocycles. The van der Waals surface area contributed by atoms with E-state index in [1.54, 1.807) is 6.07 Å². The molecule has 0 aliphatic heterocycles. The maximum Gasteiger partial charge on any atom is 0.216 e. The molecule has 0 atom stereocenters. The van der Waals surface area contributed by atoms with E-state index < -0.39 is 0 Å². The number of hydrogen-bond acceptors (Lipinski definition) is 4. The second-order valence-electron chi connectivity index (χ2n) is 5.02. The number of carbonyl (C=O) groups is 1. The molecule has 0 saturated heterocycles. The van der Waals surface area contributed by atoms with E-state index in [0.29, 0.717) is 23.1 Å².